The van der Waals surface area contributed by atoms with E-state index in [1.165, 1.54) is 12.8 Å². The first-order valence-electron chi connectivity index (χ1n) is 10.2. The van der Waals surface area contributed by atoms with Crippen LogP contribution in [0.4, 0.5) is 5.95 Å². The van der Waals surface area contributed by atoms with Crippen LogP contribution in [0.2, 0.25) is 0 Å². The van der Waals surface area contributed by atoms with Gasteiger partial charge in [-0.05, 0) is 50.9 Å². The van der Waals surface area contributed by atoms with E-state index in [1.807, 2.05) is 22.9 Å². The number of amides is 1. The molecule has 0 spiro atoms. The Kier molecular flexibility index (Phi) is 5.82. The zero-order valence-corrected chi connectivity index (χ0v) is 17.1. The second-order valence-electron chi connectivity index (χ2n) is 7.75. The average Bonchev–Trinajstić information content (AvgIpc) is 3.47. The fourth-order valence-corrected chi connectivity index (χ4v) is 4.46. The van der Waals surface area contributed by atoms with Gasteiger partial charge < -0.3 is 9.88 Å². The molecule has 3 aromatic rings. The first kappa shape index (κ1) is 19.8. The number of benzene rings is 1. The third kappa shape index (κ3) is 3.86. The summed E-state index contributed by atoms with van der Waals surface area (Å²) in [7, 11) is 0. The highest BCUT2D eigenvalue weighted by Crippen LogP contribution is 2.35. The Morgan fingerprint density at radius 3 is 2.62 bits per heavy atom. The van der Waals surface area contributed by atoms with Crippen molar-refractivity contribution < 1.29 is 4.79 Å². The smallest absolute Gasteiger partial charge is 0.280 e. The molecule has 1 aliphatic carbocycles. The Balaban J connectivity index is 0.00000205. The molecule has 2 N–H and O–H groups in total. The third-order valence-electron chi connectivity index (χ3n) is 5.94. The number of rotatable bonds is 4. The van der Waals surface area contributed by atoms with E-state index in [2.05, 4.69) is 36.6 Å². The van der Waals surface area contributed by atoms with E-state index >= 15 is 0 Å². The number of imidazole rings is 1. The summed E-state index contributed by atoms with van der Waals surface area (Å²) in [5.41, 5.74) is 2.31. The van der Waals surface area contributed by atoms with Gasteiger partial charge in [-0.1, -0.05) is 30.2 Å². The van der Waals surface area contributed by atoms with E-state index in [0.717, 1.165) is 49.8 Å². The lowest BCUT2D eigenvalue weighted by molar-refractivity contribution is 0.102. The third-order valence-corrected chi connectivity index (χ3v) is 5.94. The summed E-state index contributed by atoms with van der Waals surface area (Å²) in [4.78, 5) is 17.5. The van der Waals surface area contributed by atoms with Crippen LogP contribution >= 0.6 is 12.4 Å². The molecular formula is C20H26ClN7O. The molecule has 0 radical (unpaired) electrons. The average molecular weight is 416 g/mol. The summed E-state index contributed by atoms with van der Waals surface area (Å²) in [6.07, 6.45) is 8.44. The summed E-state index contributed by atoms with van der Waals surface area (Å²) < 4.78 is 4.02. The van der Waals surface area contributed by atoms with Gasteiger partial charge in [0.15, 0.2) is 5.69 Å². The first-order valence-corrected chi connectivity index (χ1v) is 10.2. The monoisotopic (exact) mass is 415 g/mol. The summed E-state index contributed by atoms with van der Waals surface area (Å²) in [6, 6.07) is 8.75. The zero-order valence-electron chi connectivity index (χ0n) is 16.3. The van der Waals surface area contributed by atoms with Gasteiger partial charge in [0.05, 0.1) is 23.3 Å². The van der Waals surface area contributed by atoms with Crippen LogP contribution in [0.3, 0.4) is 0 Å². The second kappa shape index (κ2) is 8.51. The molecule has 3 heterocycles. The van der Waals surface area contributed by atoms with Crippen LogP contribution in [0.1, 0.15) is 61.1 Å². The Morgan fingerprint density at radius 1 is 1.07 bits per heavy atom. The van der Waals surface area contributed by atoms with E-state index in [4.69, 9.17) is 0 Å². The molecule has 9 heteroatoms. The molecule has 154 valence electrons. The van der Waals surface area contributed by atoms with Crippen molar-refractivity contribution in [3.63, 3.8) is 0 Å². The van der Waals surface area contributed by atoms with Crippen LogP contribution in [0.5, 0.6) is 0 Å². The molecule has 8 nitrogen and oxygen atoms in total. The minimum atomic E-state index is -0.255. The number of para-hydroxylation sites is 2. The Morgan fingerprint density at radius 2 is 1.83 bits per heavy atom. The number of carbonyl (C=O) groups excluding carboxylic acids is 1. The number of fused-ring (bicyclic) bond motifs is 1. The van der Waals surface area contributed by atoms with Gasteiger partial charge in [-0.25, -0.2) is 9.67 Å². The molecule has 5 rings (SSSR count). The summed E-state index contributed by atoms with van der Waals surface area (Å²) >= 11 is 0. The maximum atomic E-state index is 12.9. The number of hydrogen-bond donors (Lipinski definition) is 2. The van der Waals surface area contributed by atoms with Crippen molar-refractivity contribution in [3.05, 3.63) is 36.2 Å². The van der Waals surface area contributed by atoms with E-state index in [0.29, 0.717) is 23.7 Å². The SMILES string of the molecule is Cl.O=C(Nc1nc2ccccc2n1C1CCCC1)c1cn(C2CCNCC2)nn1. The van der Waals surface area contributed by atoms with Crippen molar-refractivity contribution in [2.24, 2.45) is 0 Å². The van der Waals surface area contributed by atoms with E-state index in [1.54, 1.807) is 6.20 Å². The fraction of sp³-hybridized carbons (Fsp3) is 0.500. The van der Waals surface area contributed by atoms with Crippen LogP contribution in [0.15, 0.2) is 30.5 Å². The molecule has 29 heavy (non-hydrogen) atoms. The van der Waals surface area contributed by atoms with Gasteiger partial charge in [0.2, 0.25) is 5.95 Å². The van der Waals surface area contributed by atoms with Crippen LogP contribution < -0.4 is 10.6 Å². The number of halogens is 1. The molecule has 1 saturated heterocycles. The second-order valence-corrected chi connectivity index (χ2v) is 7.75. The van der Waals surface area contributed by atoms with Crippen molar-refractivity contribution in [2.75, 3.05) is 18.4 Å². The van der Waals surface area contributed by atoms with Crippen molar-refractivity contribution in [2.45, 2.75) is 50.6 Å². The lowest BCUT2D eigenvalue weighted by Gasteiger charge is -2.22. The van der Waals surface area contributed by atoms with Gasteiger partial charge in [-0.3, -0.25) is 10.1 Å². The maximum Gasteiger partial charge on any atom is 0.280 e. The van der Waals surface area contributed by atoms with Gasteiger partial charge in [0.1, 0.15) is 0 Å². The molecule has 2 aromatic heterocycles. The highest BCUT2D eigenvalue weighted by atomic mass is 35.5. The van der Waals surface area contributed by atoms with Crippen molar-refractivity contribution >= 4 is 35.3 Å². The largest absolute Gasteiger partial charge is 0.317 e. The molecule has 1 aliphatic heterocycles. The number of nitrogens with zero attached hydrogens (tertiary/aromatic N) is 5. The number of hydrogen-bond acceptors (Lipinski definition) is 5. The van der Waals surface area contributed by atoms with Gasteiger partial charge in [0, 0.05) is 6.04 Å². The standard InChI is InChI=1S/C20H25N7O.ClH/c28-19(17-13-26(25-24-17)14-9-11-21-12-10-14)23-20-22-16-7-3-4-8-18(16)27(20)15-5-1-2-6-15;/h3-4,7-8,13-15,21H,1-2,5-6,9-12H2,(H,22,23,28);1H. The molecule has 0 atom stereocenters. The molecular weight excluding hydrogens is 390 g/mol. The number of aromatic nitrogens is 5. The lowest BCUT2D eigenvalue weighted by Crippen LogP contribution is -2.29. The minimum Gasteiger partial charge on any atom is -0.317 e. The summed E-state index contributed by atoms with van der Waals surface area (Å²) in [5, 5.41) is 14.6. The summed E-state index contributed by atoms with van der Waals surface area (Å²) in [5.74, 6) is 0.351. The Bertz CT molecular complexity index is 986. The predicted octanol–water partition coefficient (Wildman–Crippen LogP) is 3.34. The Labute approximate surface area is 175 Å². The first-order chi connectivity index (χ1) is 13.8. The number of carbonyl (C=O) groups is 1. The molecule has 2 fully saturated rings. The van der Waals surface area contributed by atoms with Gasteiger partial charge >= 0.3 is 0 Å². The zero-order chi connectivity index (χ0) is 18.9. The van der Waals surface area contributed by atoms with Crippen LogP contribution in [-0.4, -0.2) is 43.5 Å². The topological polar surface area (TPSA) is 89.7 Å². The quantitative estimate of drug-likeness (QED) is 0.682. The number of piperidine rings is 1. The maximum absolute atomic E-state index is 12.9. The fourth-order valence-electron chi connectivity index (χ4n) is 4.46. The van der Waals surface area contributed by atoms with Crippen molar-refractivity contribution in [3.8, 4) is 0 Å². The molecule has 1 saturated carbocycles. The van der Waals surface area contributed by atoms with Crippen molar-refractivity contribution in [1.29, 1.82) is 0 Å². The minimum absolute atomic E-state index is 0. The van der Waals surface area contributed by atoms with Crippen LogP contribution in [-0.2, 0) is 0 Å². The van der Waals surface area contributed by atoms with Gasteiger partial charge in [-0.15, -0.1) is 17.5 Å². The van der Waals surface area contributed by atoms with E-state index < -0.39 is 0 Å². The predicted molar refractivity (Wildman–Crippen MR) is 114 cm³/mol. The highest BCUT2D eigenvalue weighted by Gasteiger charge is 2.25. The van der Waals surface area contributed by atoms with Crippen LogP contribution in [0, 0.1) is 0 Å². The Hall–Kier alpha value is -2.45. The molecule has 0 unspecified atom stereocenters. The van der Waals surface area contributed by atoms with Gasteiger partial charge in [-0.2, -0.15) is 0 Å². The van der Waals surface area contributed by atoms with Gasteiger partial charge in [0.25, 0.3) is 5.91 Å². The molecule has 1 amide bonds. The van der Waals surface area contributed by atoms with Crippen molar-refractivity contribution in [1.82, 2.24) is 29.9 Å². The normalized spacial score (nSPS) is 18.1. The van der Waals surface area contributed by atoms with Crippen LogP contribution in [0.25, 0.3) is 11.0 Å². The number of anilines is 1. The van der Waals surface area contributed by atoms with E-state index in [-0.39, 0.29) is 18.3 Å². The molecule has 0 bridgehead atoms. The molecule has 2 aliphatic rings. The molecule has 1 aromatic carbocycles. The summed E-state index contributed by atoms with van der Waals surface area (Å²) in [6.45, 7) is 1.94. The number of nitrogens with one attached hydrogen (secondary N) is 2. The lowest BCUT2D eigenvalue weighted by atomic mass is 10.1. The van der Waals surface area contributed by atoms with E-state index in [9.17, 15) is 4.79 Å². The highest BCUT2D eigenvalue weighted by molar-refractivity contribution is 6.02.